The Labute approximate surface area is 108 Å². The quantitative estimate of drug-likeness (QED) is 0.792. The van der Waals surface area contributed by atoms with E-state index in [2.05, 4.69) is 60.3 Å². The lowest BCUT2D eigenvalue weighted by Gasteiger charge is -2.18. The van der Waals surface area contributed by atoms with E-state index in [1.165, 1.54) is 16.8 Å². The van der Waals surface area contributed by atoms with Gasteiger partial charge in [-0.1, -0.05) is 38.1 Å². The molecule has 1 aromatic heterocycles. The van der Waals surface area contributed by atoms with Gasteiger partial charge in [-0.15, -0.1) is 0 Å². The average molecular weight is 245 g/mol. The predicted molar refractivity (Wildman–Crippen MR) is 76.8 cm³/mol. The van der Waals surface area contributed by atoms with Crippen molar-refractivity contribution in [3.8, 4) is 0 Å². The van der Waals surface area contributed by atoms with Gasteiger partial charge in [0.15, 0.2) is 0 Å². The summed E-state index contributed by atoms with van der Waals surface area (Å²) in [5.74, 6) is 0. The summed E-state index contributed by atoms with van der Waals surface area (Å²) in [6, 6.07) is 11.5. The standard InChI is InChI=1S/C15H19NS/c1-3-12-5-7-13(8-6-12)15(4-2)16-14-9-10-17-11-14/h5-11,15-16H,3-4H2,1-2H3. The van der Waals surface area contributed by atoms with E-state index in [0.29, 0.717) is 6.04 Å². The van der Waals surface area contributed by atoms with Crippen molar-refractivity contribution >= 4 is 17.0 Å². The minimum atomic E-state index is 0.413. The van der Waals surface area contributed by atoms with Crippen molar-refractivity contribution in [2.45, 2.75) is 32.7 Å². The van der Waals surface area contributed by atoms with Crippen LogP contribution in [0.1, 0.15) is 37.4 Å². The van der Waals surface area contributed by atoms with Crippen LogP contribution in [0, 0.1) is 0 Å². The molecule has 1 nitrogen and oxygen atoms in total. The third-order valence-corrected chi connectivity index (χ3v) is 3.74. The number of anilines is 1. The zero-order valence-electron chi connectivity index (χ0n) is 10.4. The number of hydrogen-bond donors (Lipinski definition) is 1. The zero-order valence-corrected chi connectivity index (χ0v) is 11.3. The Balaban J connectivity index is 2.11. The molecule has 0 amide bonds. The first-order valence-electron chi connectivity index (χ1n) is 6.21. The summed E-state index contributed by atoms with van der Waals surface area (Å²) in [5, 5.41) is 7.84. The lowest BCUT2D eigenvalue weighted by molar-refractivity contribution is 0.749. The first kappa shape index (κ1) is 12.2. The monoisotopic (exact) mass is 245 g/mol. The summed E-state index contributed by atoms with van der Waals surface area (Å²) in [6.07, 6.45) is 2.20. The first-order chi connectivity index (χ1) is 8.33. The van der Waals surface area contributed by atoms with Crippen molar-refractivity contribution in [3.05, 3.63) is 52.2 Å². The first-order valence-corrected chi connectivity index (χ1v) is 7.15. The normalized spacial score (nSPS) is 12.4. The highest BCUT2D eigenvalue weighted by atomic mass is 32.1. The Bertz CT molecular complexity index is 430. The van der Waals surface area contributed by atoms with Gasteiger partial charge < -0.3 is 5.32 Å². The summed E-state index contributed by atoms with van der Waals surface area (Å²) >= 11 is 1.73. The summed E-state index contributed by atoms with van der Waals surface area (Å²) < 4.78 is 0. The number of benzene rings is 1. The summed E-state index contributed by atoms with van der Waals surface area (Å²) in [7, 11) is 0. The molecule has 1 atom stereocenters. The molecule has 0 aliphatic carbocycles. The van der Waals surface area contributed by atoms with E-state index in [1.54, 1.807) is 11.3 Å². The molecule has 1 unspecified atom stereocenters. The molecule has 0 spiro atoms. The maximum absolute atomic E-state index is 3.57. The second-order valence-corrected chi connectivity index (χ2v) is 4.99. The molecule has 0 bridgehead atoms. The predicted octanol–water partition coefficient (Wildman–Crippen LogP) is 4.87. The highest BCUT2D eigenvalue weighted by Gasteiger charge is 2.08. The van der Waals surface area contributed by atoms with E-state index in [4.69, 9.17) is 0 Å². The molecule has 2 aromatic rings. The smallest absolute Gasteiger partial charge is 0.0511 e. The zero-order chi connectivity index (χ0) is 12.1. The van der Waals surface area contributed by atoms with Gasteiger partial charge in [-0.2, -0.15) is 11.3 Å². The van der Waals surface area contributed by atoms with Crippen LogP contribution in [0.15, 0.2) is 41.1 Å². The highest BCUT2D eigenvalue weighted by molar-refractivity contribution is 7.08. The fraction of sp³-hybridized carbons (Fsp3) is 0.333. The molecule has 0 aliphatic rings. The minimum absolute atomic E-state index is 0.413. The van der Waals surface area contributed by atoms with Gasteiger partial charge in [-0.05, 0) is 35.4 Å². The van der Waals surface area contributed by atoms with Crippen molar-refractivity contribution in [1.29, 1.82) is 0 Å². The van der Waals surface area contributed by atoms with Crippen LogP contribution in [-0.4, -0.2) is 0 Å². The molecule has 1 N–H and O–H groups in total. The van der Waals surface area contributed by atoms with Crippen LogP contribution < -0.4 is 5.32 Å². The van der Waals surface area contributed by atoms with Crippen LogP contribution in [-0.2, 0) is 6.42 Å². The molecule has 1 aromatic carbocycles. The molecule has 90 valence electrons. The van der Waals surface area contributed by atoms with E-state index in [9.17, 15) is 0 Å². The Morgan fingerprint density at radius 3 is 2.41 bits per heavy atom. The third-order valence-electron chi connectivity index (χ3n) is 3.06. The molecule has 1 heterocycles. The molecule has 17 heavy (non-hydrogen) atoms. The Morgan fingerprint density at radius 1 is 1.12 bits per heavy atom. The molecular weight excluding hydrogens is 226 g/mol. The Kier molecular flexibility index (Phi) is 4.21. The fourth-order valence-corrected chi connectivity index (χ4v) is 2.55. The number of hydrogen-bond acceptors (Lipinski definition) is 2. The number of thiophene rings is 1. The van der Waals surface area contributed by atoms with Crippen LogP contribution in [0.4, 0.5) is 5.69 Å². The van der Waals surface area contributed by atoms with E-state index in [1.807, 2.05) is 0 Å². The molecule has 2 rings (SSSR count). The van der Waals surface area contributed by atoms with Crippen LogP contribution in [0.3, 0.4) is 0 Å². The van der Waals surface area contributed by atoms with Crippen molar-refractivity contribution < 1.29 is 0 Å². The molecule has 0 saturated carbocycles. The van der Waals surface area contributed by atoms with E-state index in [0.717, 1.165) is 12.8 Å². The Morgan fingerprint density at radius 2 is 1.88 bits per heavy atom. The van der Waals surface area contributed by atoms with Gasteiger partial charge in [0.05, 0.1) is 6.04 Å². The maximum atomic E-state index is 3.57. The molecule has 0 saturated heterocycles. The molecule has 0 radical (unpaired) electrons. The minimum Gasteiger partial charge on any atom is -0.378 e. The SMILES string of the molecule is CCc1ccc(C(CC)Nc2ccsc2)cc1. The third kappa shape index (κ3) is 3.10. The van der Waals surface area contributed by atoms with Crippen LogP contribution in [0.2, 0.25) is 0 Å². The van der Waals surface area contributed by atoms with Gasteiger partial charge in [0.2, 0.25) is 0 Å². The molecule has 0 aliphatic heterocycles. The molecule has 0 fully saturated rings. The number of aryl methyl sites for hydroxylation is 1. The summed E-state index contributed by atoms with van der Waals surface area (Å²) in [6.45, 7) is 4.41. The molecular formula is C15H19NS. The second-order valence-electron chi connectivity index (χ2n) is 4.21. The van der Waals surface area contributed by atoms with Crippen LogP contribution >= 0.6 is 11.3 Å². The van der Waals surface area contributed by atoms with Gasteiger partial charge in [0.25, 0.3) is 0 Å². The van der Waals surface area contributed by atoms with Crippen molar-refractivity contribution in [3.63, 3.8) is 0 Å². The average Bonchev–Trinajstić information content (AvgIpc) is 2.89. The Hall–Kier alpha value is -1.28. The van der Waals surface area contributed by atoms with E-state index >= 15 is 0 Å². The maximum Gasteiger partial charge on any atom is 0.0511 e. The van der Waals surface area contributed by atoms with Crippen LogP contribution in [0.5, 0.6) is 0 Å². The summed E-state index contributed by atoms with van der Waals surface area (Å²) in [4.78, 5) is 0. The van der Waals surface area contributed by atoms with Gasteiger partial charge >= 0.3 is 0 Å². The van der Waals surface area contributed by atoms with Crippen molar-refractivity contribution in [1.82, 2.24) is 0 Å². The number of rotatable bonds is 5. The number of nitrogens with one attached hydrogen (secondary N) is 1. The van der Waals surface area contributed by atoms with Gasteiger partial charge in [-0.3, -0.25) is 0 Å². The lowest BCUT2D eigenvalue weighted by Crippen LogP contribution is -2.08. The van der Waals surface area contributed by atoms with Crippen LogP contribution in [0.25, 0.3) is 0 Å². The topological polar surface area (TPSA) is 12.0 Å². The van der Waals surface area contributed by atoms with Crippen molar-refractivity contribution in [2.75, 3.05) is 5.32 Å². The van der Waals surface area contributed by atoms with Crippen molar-refractivity contribution in [2.24, 2.45) is 0 Å². The lowest BCUT2D eigenvalue weighted by atomic mass is 10.0. The highest BCUT2D eigenvalue weighted by Crippen LogP contribution is 2.24. The fourth-order valence-electron chi connectivity index (χ4n) is 1.95. The largest absolute Gasteiger partial charge is 0.378 e. The summed E-state index contributed by atoms with van der Waals surface area (Å²) in [5.41, 5.74) is 4.00. The van der Waals surface area contributed by atoms with Gasteiger partial charge in [0, 0.05) is 11.1 Å². The van der Waals surface area contributed by atoms with Gasteiger partial charge in [0.1, 0.15) is 0 Å². The molecule has 2 heteroatoms. The van der Waals surface area contributed by atoms with E-state index < -0.39 is 0 Å². The second kappa shape index (κ2) is 5.87. The van der Waals surface area contributed by atoms with Gasteiger partial charge in [-0.25, -0.2) is 0 Å². The van der Waals surface area contributed by atoms with E-state index in [-0.39, 0.29) is 0 Å².